The third-order valence-electron chi connectivity index (χ3n) is 3.59. The third kappa shape index (κ3) is 2.69. The quantitative estimate of drug-likeness (QED) is 0.889. The summed E-state index contributed by atoms with van der Waals surface area (Å²) in [6, 6.07) is 7.21. The minimum atomic E-state index is -0.388. The van der Waals surface area contributed by atoms with Crippen LogP contribution in [0.2, 0.25) is 0 Å². The van der Waals surface area contributed by atoms with Crippen LogP contribution in [-0.4, -0.2) is 24.0 Å². The van der Waals surface area contributed by atoms with Crippen molar-refractivity contribution in [3.8, 4) is 6.07 Å². The Balaban J connectivity index is 2.15. The number of piperidine rings is 1. The summed E-state index contributed by atoms with van der Waals surface area (Å²) >= 11 is 0. The molecule has 1 atom stereocenters. The zero-order valence-corrected chi connectivity index (χ0v) is 10.4. The number of hydrogen-bond donors (Lipinski definition) is 1. The van der Waals surface area contributed by atoms with Crippen molar-refractivity contribution in [1.29, 1.82) is 5.26 Å². The van der Waals surface area contributed by atoms with Crippen LogP contribution in [0, 0.1) is 17.1 Å². The first-order valence-electron chi connectivity index (χ1n) is 6.38. The van der Waals surface area contributed by atoms with Crippen LogP contribution in [0.3, 0.4) is 0 Å². The lowest BCUT2D eigenvalue weighted by Gasteiger charge is -2.35. The van der Waals surface area contributed by atoms with Crippen molar-refractivity contribution < 1.29 is 4.39 Å². The van der Waals surface area contributed by atoms with E-state index in [9.17, 15) is 4.39 Å². The monoisotopic (exact) mass is 247 g/mol. The van der Waals surface area contributed by atoms with Crippen molar-refractivity contribution >= 4 is 0 Å². The van der Waals surface area contributed by atoms with Gasteiger partial charge in [-0.2, -0.15) is 5.26 Å². The predicted molar refractivity (Wildman–Crippen MR) is 68.2 cm³/mol. The lowest BCUT2D eigenvalue weighted by molar-refractivity contribution is 0.143. The molecule has 1 aliphatic rings. The Bertz CT molecular complexity index is 453. The molecular weight excluding hydrogens is 229 g/mol. The smallest absolute Gasteiger partial charge is 0.145 e. The van der Waals surface area contributed by atoms with Crippen LogP contribution in [0.5, 0.6) is 0 Å². The fraction of sp³-hybridized carbons (Fsp3) is 0.500. The topological polar surface area (TPSA) is 53.0 Å². The van der Waals surface area contributed by atoms with Crippen molar-refractivity contribution in [2.45, 2.75) is 31.8 Å². The first kappa shape index (κ1) is 13.0. The van der Waals surface area contributed by atoms with E-state index >= 15 is 0 Å². The van der Waals surface area contributed by atoms with Crippen LogP contribution < -0.4 is 5.73 Å². The maximum Gasteiger partial charge on any atom is 0.145 e. The lowest BCUT2D eigenvalue weighted by atomic mass is 10.0. The van der Waals surface area contributed by atoms with Gasteiger partial charge in [-0.1, -0.05) is 18.6 Å². The molecule has 1 fully saturated rings. The third-order valence-corrected chi connectivity index (χ3v) is 3.59. The van der Waals surface area contributed by atoms with Gasteiger partial charge in [-0.3, -0.25) is 4.90 Å². The minimum absolute atomic E-state index is 0.119. The maximum absolute atomic E-state index is 14.0. The Hall–Kier alpha value is -1.44. The van der Waals surface area contributed by atoms with Crippen LogP contribution in [0.4, 0.5) is 4.39 Å². The molecule has 1 aromatic rings. The number of nitrogens with zero attached hydrogens (tertiary/aromatic N) is 2. The van der Waals surface area contributed by atoms with Crippen LogP contribution in [-0.2, 0) is 6.54 Å². The molecule has 0 aliphatic carbocycles. The molecule has 2 N–H and O–H groups in total. The highest BCUT2D eigenvalue weighted by molar-refractivity contribution is 5.34. The Morgan fingerprint density at radius 3 is 3.00 bits per heavy atom. The van der Waals surface area contributed by atoms with Gasteiger partial charge in [0.25, 0.3) is 0 Å². The summed E-state index contributed by atoms with van der Waals surface area (Å²) in [6.45, 7) is 2.11. The SMILES string of the molecule is N#Cc1cccc(CN2CCCCC2CN)c1F. The Morgan fingerprint density at radius 1 is 1.44 bits per heavy atom. The van der Waals surface area contributed by atoms with E-state index in [2.05, 4.69) is 4.90 Å². The fourth-order valence-electron chi connectivity index (χ4n) is 2.54. The molecule has 2 rings (SSSR count). The van der Waals surface area contributed by atoms with Crippen LogP contribution in [0.1, 0.15) is 30.4 Å². The van der Waals surface area contributed by atoms with Gasteiger partial charge in [-0.15, -0.1) is 0 Å². The second kappa shape index (κ2) is 5.94. The second-order valence-electron chi connectivity index (χ2n) is 4.75. The van der Waals surface area contributed by atoms with E-state index in [1.165, 1.54) is 12.5 Å². The first-order valence-corrected chi connectivity index (χ1v) is 6.38. The number of nitriles is 1. The molecule has 0 amide bonds. The van der Waals surface area contributed by atoms with E-state index in [-0.39, 0.29) is 11.4 Å². The van der Waals surface area contributed by atoms with E-state index in [1.54, 1.807) is 12.1 Å². The van der Waals surface area contributed by atoms with Crippen molar-refractivity contribution in [2.75, 3.05) is 13.1 Å². The molecule has 4 heteroatoms. The molecule has 1 heterocycles. The highest BCUT2D eigenvalue weighted by Crippen LogP contribution is 2.21. The number of halogens is 1. The van der Waals surface area contributed by atoms with Crippen LogP contribution in [0.25, 0.3) is 0 Å². The van der Waals surface area contributed by atoms with Gasteiger partial charge in [-0.25, -0.2) is 4.39 Å². The van der Waals surface area contributed by atoms with Gasteiger partial charge < -0.3 is 5.73 Å². The molecule has 3 nitrogen and oxygen atoms in total. The lowest BCUT2D eigenvalue weighted by Crippen LogP contribution is -2.43. The number of hydrogen-bond acceptors (Lipinski definition) is 3. The minimum Gasteiger partial charge on any atom is -0.329 e. The van der Waals surface area contributed by atoms with E-state index in [0.717, 1.165) is 19.4 Å². The van der Waals surface area contributed by atoms with Gasteiger partial charge in [0.1, 0.15) is 11.9 Å². The van der Waals surface area contributed by atoms with Crippen LogP contribution >= 0.6 is 0 Å². The van der Waals surface area contributed by atoms with Crippen molar-refractivity contribution in [1.82, 2.24) is 4.90 Å². The first-order chi connectivity index (χ1) is 8.76. The van der Waals surface area contributed by atoms with Gasteiger partial charge in [0.2, 0.25) is 0 Å². The van der Waals surface area contributed by atoms with Crippen LogP contribution in [0.15, 0.2) is 18.2 Å². The highest BCUT2D eigenvalue weighted by atomic mass is 19.1. The van der Waals surface area contributed by atoms with Gasteiger partial charge in [0.05, 0.1) is 5.56 Å². The number of nitrogens with two attached hydrogens (primary N) is 1. The maximum atomic E-state index is 14.0. The van der Waals surface area contributed by atoms with E-state index in [1.807, 2.05) is 6.07 Å². The molecule has 0 saturated carbocycles. The largest absolute Gasteiger partial charge is 0.329 e. The number of benzene rings is 1. The van der Waals surface area contributed by atoms with Crippen molar-refractivity contribution in [3.05, 3.63) is 35.1 Å². The number of rotatable bonds is 3. The average molecular weight is 247 g/mol. The van der Waals surface area contributed by atoms with Crippen molar-refractivity contribution in [2.24, 2.45) is 5.73 Å². The summed E-state index contributed by atoms with van der Waals surface area (Å²) in [5.41, 5.74) is 6.46. The summed E-state index contributed by atoms with van der Waals surface area (Å²) < 4.78 is 14.0. The standard InChI is InChI=1S/C14H18FN3/c15-14-11(8-16)4-3-5-12(14)10-18-7-2-1-6-13(18)9-17/h3-5,13H,1-2,6-7,9-10,17H2. The summed E-state index contributed by atoms with van der Waals surface area (Å²) in [4.78, 5) is 2.23. The zero-order valence-electron chi connectivity index (χ0n) is 10.4. The van der Waals surface area contributed by atoms with Crippen molar-refractivity contribution in [3.63, 3.8) is 0 Å². The zero-order chi connectivity index (χ0) is 13.0. The van der Waals surface area contributed by atoms with Gasteiger partial charge in [-0.05, 0) is 25.5 Å². The van der Waals surface area contributed by atoms with Gasteiger partial charge >= 0.3 is 0 Å². The molecule has 0 aromatic heterocycles. The fourth-order valence-corrected chi connectivity index (χ4v) is 2.54. The molecule has 1 saturated heterocycles. The average Bonchev–Trinajstić information content (AvgIpc) is 2.42. The second-order valence-corrected chi connectivity index (χ2v) is 4.75. The Morgan fingerprint density at radius 2 is 2.28 bits per heavy atom. The normalized spacial score (nSPS) is 20.6. The Labute approximate surface area is 107 Å². The van der Waals surface area contributed by atoms with E-state index < -0.39 is 0 Å². The molecule has 18 heavy (non-hydrogen) atoms. The number of likely N-dealkylation sites (tertiary alicyclic amines) is 1. The predicted octanol–water partition coefficient (Wildman–Crippen LogP) is 2.01. The molecule has 1 aromatic carbocycles. The van der Waals surface area contributed by atoms with E-state index in [4.69, 9.17) is 11.0 Å². The van der Waals surface area contributed by atoms with Gasteiger partial charge in [0, 0.05) is 24.7 Å². The molecule has 96 valence electrons. The summed E-state index contributed by atoms with van der Waals surface area (Å²) in [5, 5.41) is 8.82. The Kier molecular flexibility index (Phi) is 4.29. The molecular formula is C14H18FN3. The van der Waals surface area contributed by atoms with E-state index in [0.29, 0.717) is 24.7 Å². The van der Waals surface area contributed by atoms with Gasteiger partial charge in [0.15, 0.2) is 0 Å². The molecule has 0 radical (unpaired) electrons. The summed E-state index contributed by atoms with van der Waals surface area (Å²) in [5.74, 6) is -0.388. The highest BCUT2D eigenvalue weighted by Gasteiger charge is 2.22. The molecule has 1 unspecified atom stereocenters. The molecule has 0 bridgehead atoms. The summed E-state index contributed by atoms with van der Waals surface area (Å²) in [7, 11) is 0. The molecule has 0 spiro atoms. The summed E-state index contributed by atoms with van der Waals surface area (Å²) in [6.07, 6.45) is 3.41. The molecule has 1 aliphatic heterocycles.